The number of hydrogen-bond donors (Lipinski definition) is 0. The van der Waals surface area contributed by atoms with E-state index >= 15 is 0 Å². The summed E-state index contributed by atoms with van der Waals surface area (Å²) in [7, 11) is 0. The van der Waals surface area contributed by atoms with Crippen molar-refractivity contribution in [3.63, 3.8) is 0 Å². The maximum atomic E-state index is 13.9. The number of likely N-dealkylation sites (tertiary alicyclic amines) is 1. The molecule has 3 amide bonds. The Morgan fingerprint density at radius 3 is 2.38 bits per heavy atom. The van der Waals surface area contributed by atoms with Gasteiger partial charge >= 0.3 is 12.1 Å². The highest BCUT2D eigenvalue weighted by Crippen LogP contribution is 2.50. The maximum Gasteiger partial charge on any atom is 0.409 e. The molecule has 9 nitrogen and oxygen atoms in total. The zero-order chi connectivity index (χ0) is 28.2. The van der Waals surface area contributed by atoms with E-state index in [1.54, 1.807) is 46.7 Å². The summed E-state index contributed by atoms with van der Waals surface area (Å²) < 4.78 is 10.6. The molecule has 2 heterocycles. The van der Waals surface area contributed by atoms with E-state index in [1.807, 2.05) is 6.08 Å². The smallest absolute Gasteiger partial charge is 0.409 e. The number of amides is 3. The quantitative estimate of drug-likeness (QED) is 0.436. The molecule has 3 aliphatic rings. The molecule has 0 bridgehead atoms. The van der Waals surface area contributed by atoms with Gasteiger partial charge in [0.2, 0.25) is 11.8 Å². The third-order valence-electron chi connectivity index (χ3n) is 7.73. The number of carbonyl (C=O) groups excluding carboxylic acids is 4. The molecular formula is C28H35Cl2N3O6. The van der Waals surface area contributed by atoms with Crippen molar-refractivity contribution in [2.24, 2.45) is 11.3 Å². The first-order valence-corrected chi connectivity index (χ1v) is 14.3. The van der Waals surface area contributed by atoms with Gasteiger partial charge < -0.3 is 24.2 Å². The van der Waals surface area contributed by atoms with Crippen LogP contribution in [0.25, 0.3) is 0 Å². The van der Waals surface area contributed by atoms with Gasteiger partial charge in [-0.1, -0.05) is 35.3 Å². The van der Waals surface area contributed by atoms with Crippen molar-refractivity contribution in [3.05, 3.63) is 45.6 Å². The number of nitrogens with zero attached hydrogens (tertiary/aromatic N) is 3. The Morgan fingerprint density at radius 2 is 1.72 bits per heavy atom. The average Bonchev–Trinajstić information content (AvgIpc) is 2.92. The highest BCUT2D eigenvalue weighted by Gasteiger charge is 2.54. The second-order valence-electron chi connectivity index (χ2n) is 10.1. The fourth-order valence-electron chi connectivity index (χ4n) is 5.78. The molecule has 4 rings (SSSR count). The SMILES string of the molecule is CCOC(=O)N1CCN(C(=O)C[C@@H]2C[C@@]3(C(=O)OCC)CCCC=C3N(Cc3ccc(Cl)cc3Cl)C2=O)CC1. The van der Waals surface area contributed by atoms with Gasteiger partial charge in [-0.2, -0.15) is 0 Å². The summed E-state index contributed by atoms with van der Waals surface area (Å²) in [5, 5.41) is 0.907. The number of rotatable bonds is 7. The molecule has 0 unspecified atom stereocenters. The van der Waals surface area contributed by atoms with Gasteiger partial charge in [-0.3, -0.25) is 14.4 Å². The third-order valence-corrected chi connectivity index (χ3v) is 8.31. The van der Waals surface area contributed by atoms with E-state index in [0.717, 1.165) is 12.8 Å². The zero-order valence-corrected chi connectivity index (χ0v) is 23.9. The minimum Gasteiger partial charge on any atom is -0.465 e. The van der Waals surface area contributed by atoms with E-state index in [1.165, 1.54) is 0 Å². The lowest BCUT2D eigenvalue weighted by molar-refractivity contribution is -0.163. The number of benzene rings is 1. The molecule has 1 aromatic rings. The van der Waals surface area contributed by atoms with Crippen LogP contribution in [0.5, 0.6) is 0 Å². The van der Waals surface area contributed by atoms with Crippen molar-refractivity contribution in [1.29, 1.82) is 0 Å². The van der Waals surface area contributed by atoms with Crippen LogP contribution in [0.15, 0.2) is 30.0 Å². The van der Waals surface area contributed by atoms with Crippen molar-refractivity contribution in [1.82, 2.24) is 14.7 Å². The van der Waals surface area contributed by atoms with Gasteiger partial charge in [-0.05, 0) is 57.2 Å². The van der Waals surface area contributed by atoms with Crippen LogP contribution in [0.2, 0.25) is 10.0 Å². The molecule has 1 aliphatic carbocycles. The Kier molecular flexibility index (Phi) is 9.43. The van der Waals surface area contributed by atoms with Crippen LogP contribution in [0.3, 0.4) is 0 Å². The number of carbonyl (C=O) groups is 4. The van der Waals surface area contributed by atoms with Crippen LogP contribution in [-0.2, 0) is 30.4 Å². The summed E-state index contributed by atoms with van der Waals surface area (Å²) in [5.74, 6) is -1.46. The Morgan fingerprint density at radius 1 is 1.03 bits per heavy atom. The molecule has 0 radical (unpaired) electrons. The lowest BCUT2D eigenvalue weighted by Crippen LogP contribution is -2.55. The van der Waals surface area contributed by atoms with E-state index in [2.05, 4.69) is 0 Å². The normalized spacial score (nSPS) is 23.2. The third kappa shape index (κ3) is 6.19. The Bertz CT molecular complexity index is 1150. The zero-order valence-electron chi connectivity index (χ0n) is 22.4. The number of piperazine rings is 1. The number of ether oxygens (including phenoxy) is 2. The molecule has 2 saturated heterocycles. The van der Waals surface area contributed by atoms with Gasteiger partial charge in [-0.25, -0.2) is 4.79 Å². The summed E-state index contributed by atoms with van der Waals surface area (Å²) in [4.78, 5) is 57.7. The molecule has 2 atom stereocenters. The van der Waals surface area contributed by atoms with E-state index in [4.69, 9.17) is 32.7 Å². The number of piperidine rings is 1. The van der Waals surface area contributed by atoms with E-state index in [9.17, 15) is 19.2 Å². The number of halogens is 2. The summed E-state index contributed by atoms with van der Waals surface area (Å²) in [6, 6.07) is 5.10. The molecule has 0 N–H and O–H groups in total. The van der Waals surface area contributed by atoms with Gasteiger partial charge in [0.25, 0.3) is 0 Å². The number of fused-ring (bicyclic) bond motifs is 1. The highest BCUT2D eigenvalue weighted by molar-refractivity contribution is 6.35. The van der Waals surface area contributed by atoms with E-state index < -0.39 is 17.4 Å². The van der Waals surface area contributed by atoms with E-state index in [-0.39, 0.29) is 50.4 Å². The Balaban J connectivity index is 1.58. The number of hydrogen-bond acceptors (Lipinski definition) is 6. The second kappa shape index (κ2) is 12.6. The van der Waals surface area contributed by atoms with Crippen molar-refractivity contribution in [2.45, 2.75) is 52.5 Å². The van der Waals surface area contributed by atoms with Crippen LogP contribution in [0.1, 0.15) is 51.5 Å². The first-order valence-electron chi connectivity index (χ1n) is 13.5. The van der Waals surface area contributed by atoms with Gasteiger partial charge in [-0.15, -0.1) is 0 Å². The van der Waals surface area contributed by atoms with E-state index in [0.29, 0.717) is 53.9 Å². The number of allylic oxidation sites excluding steroid dienone is 1. The summed E-state index contributed by atoms with van der Waals surface area (Å²) in [5.41, 5.74) is 0.324. The average molecular weight is 581 g/mol. The van der Waals surface area contributed by atoms with Crippen LogP contribution < -0.4 is 0 Å². The first kappa shape index (κ1) is 29.2. The minimum absolute atomic E-state index is 0.0302. The highest BCUT2D eigenvalue weighted by atomic mass is 35.5. The van der Waals surface area contributed by atoms with Gasteiger partial charge in [0.1, 0.15) is 5.41 Å². The largest absolute Gasteiger partial charge is 0.465 e. The standard InChI is InChI=1S/C28H35Cl2N3O6/c1-3-38-26(36)28-10-6-5-7-23(28)33(18-19-8-9-21(29)16-22(19)30)25(35)20(17-28)15-24(34)31-11-13-32(14-12-31)27(37)39-4-2/h7-9,16,20H,3-6,10-15,17-18H2,1-2H3/t20-,28+/m1/s1. The molecule has 11 heteroatoms. The molecule has 212 valence electrons. The fraction of sp³-hybridized carbons (Fsp3) is 0.571. The van der Waals surface area contributed by atoms with Crippen molar-refractivity contribution in [2.75, 3.05) is 39.4 Å². The van der Waals surface area contributed by atoms with Crippen LogP contribution >= 0.6 is 23.2 Å². The molecule has 1 aromatic carbocycles. The minimum atomic E-state index is -1.01. The van der Waals surface area contributed by atoms with Gasteiger partial charge in [0.05, 0.1) is 19.8 Å². The molecule has 0 spiro atoms. The summed E-state index contributed by atoms with van der Waals surface area (Å²) in [6.45, 7) is 5.62. The predicted octanol–water partition coefficient (Wildman–Crippen LogP) is 4.65. The molecule has 0 saturated carbocycles. The fourth-order valence-corrected chi connectivity index (χ4v) is 6.25. The molecule has 39 heavy (non-hydrogen) atoms. The predicted molar refractivity (Wildman–Crippen MR) is 146 cm³/mol. The summed E-state index contributed by atoms with van der Waals surface area (Å²) >= 11 is 12.5. The molecule has 0 aromatic heterocycles. The van der Waals surface area contributed by atoms with Crippen LogP contribution in [0, 0.1) is 11.3 Å². The molecule has 2 fully saturated rings. The first-order chi connectivity index (χ1) is 18.7. The lowest BCUT2D eigenvalue weighted by atomic mass is 9.66. The van der Waals surface area contributed by atoms with Crippen LogP contribution in [0.4, 0.5) is 4.79 Å². The van der Waals surface area contributed by atoms with Crippen molar-refractivity contribution in [3.8, 4) is 0 Å². The van der Waals surface area contributed by atoms with Crippen molar-refractivity contribution >= 4 is 47.1 Å². The lowest BCUT2D eigenvalue weighted by Gasteiger charge is -2.48. The Hall–Kier alpha value is -2.78. The number of esters is 1. The topological polar surface area (TPSA) is 96.5 Å². The summed E-state index contributed by atoms with van der Waals surface area (Å²) in [6.07, 6.45) is 3.81. The Labute approximate surface area is 239 Å². The van der Waals surface area contributed by atoms with Crippen molar-refractivity contribution < 1.29 is 28.7 Å². The molecular weight excluding hydrogens is 545 g/mol. The van der Waals surface area contributed by atoms with Crippen LogP contribution in [-0.4, -0.2) is 78.0 Å². The van der Waals surface area contributed by atoms with Gasteiger partial charge in [0.15, 0.2) is 0 Å². The van der Waals surface area contributed by atoms with Gasteiger partial charge in [0, 0.05) is 54.3 Å². The maximum absolute atomic E-state index is 13.9. The second-order valence-corrected chi connectivity index (χ2v) is 11.0. The monoisotopic (exact) mass is 579 g/mol. The molecule has 2 aliphatic heterocycles.